The Morgan fingerprint density at radius 3 is 1.35 bits per heavy atom. The molecule has 0 aliphatic heterocycles. The van der Waals surface area contributed by atoms with E-state index in [-0.39, 0.29) is 0 Å². The highest BCUT2D eigenvalue weighted by atomic mass is 16.3. The Morgan fingerprint density at radius 2 is 0.662 bits per heavy atom. The molecule has 0 atom stereocenters. The van der Waals surface area contributed by atoms with E-state index in [1.807, 2.05) is 0 Å². The summed E-state index contributed by atoms with van der Waals surface area (Å²) >= 11 is 0. The van der Waals surface area contributed by atoms with E-state index in [1.54, 1.807) is 0 Å². The fraction of sp³-hybridized carbons (Fsp3) is 0. The quantitative estimate of drug-likeness (QED) is 0.157. The van der Waals surface area contributed by atoms with Gasteiger partial charge in [0.1, 0.15) is 11.2 Å². The molecule has 0 bridgehead atoms. The fourth-order valence-corrected chi connectivity index (χ4v) is 12.5. The topological polar surface area (TPSA) is 13.1 Å². The standard InChI is InChI=1S/C70H40O/c1-2-16-52-41(10-1)11-9-20-53(52)49-36-50(54-31-26-46-24-22-42-12-7-14-44-27-32-58(54)68(46)66(42)44)38-51(37-49)61-40-62(48-30-35-65-63(39-48)56-18-5-6-21-64(56)71-65)70(57-19-4-3-17-55(57)61)60-34-29-47-25-23-43-13-8-15-45-28-33-59(60)69(47)67(43)45/h1-40H. The predicted molar refractivity (Wildman–Crippen MR) is 303 cm³/mol. The van der Waals surface area contributed by atoms with Crippen LogP contribution in [-0.4, -0.2) is 0 Å². The van der Waals surface area contributed by atoms with Crippen LogP contribution in [0.2, 0.25) is 0 Å². The number of furan rings is 1. The molecule has 0 N–H and O–H groups in total. The maximum absolute atomic E-state index is 6.45. The predicted octanol–water partition coefficient (Wildman–Crippen LogP) is 20.0. The molecule has 0 saturated heterocycles. The van der Waals surface area contributed by atoms with E-state index in [0.29, 0.717) is 0 Å². The van der Waals surface area contributed by atoms with Crippen LogP contribution >= 0.6 is 0 Å². The van der Waals surface area contributed by atoms with Crippen LogP contribution in [0.1, 0.15) is 0 Å². The van der Waals surface area contributed by atoms with E-state index in [4.69, 9.17) is 4.42 Å². The average molecular weight is 897 g/mol. The number of fused-ring (bicyclic) bond motifs is 5. The largest absolute Gasteiger partial charge is 0.456 e. The Morgan fingerprint density at radius 1 is 0.197 bits per heavy atom. The fourth-order valence-electron chi connectivity index (χ4n) is 12.5. The van der Waals surface area contributed by atoms with Crippen LogP contribution in [0.5, 0.6) is 0 Å². The van der Waals surface area contributed by atoms with Gasteiger partial charge in [0.15, 0.2) is 0 Å². The minimum absolute atomic E-state index is 0.890. The summed E-state index contributed by atoms with van der Waals surface area (Å²) in [5.41, 5.74) is 13.8. The monoisotopic (exact) mass is 896 g/mol. The number of hydrogen-bond acceptors (Lipinski definition) is 1. The van der Waals surface area contributed by atoms with Crippen LogP contribution in [0.4, 0.5) is 0 Å². The summed E-state index contributed by atoms with van der Waals surface area (Å²) in [6.07, 6.45) is 0. The van der Waals surface area contributed by atoms with Crippen molar-refractivity contribution >= 4 is 108 Å². The van der Waals surface area contributed by atoms with Gasteiger partial charge >= 0.3 is 0 Å². The summed E-state index contributed by atoms with van der Waals surface area (Å²) in [7, 11) is 0. The van der Waals surface area contributed by atoms with E-state index in [0.717, 1.165) is 27.5 Å². The van der Waals surface area contributed by atoms with Crippen molar-refractivity contribution in [2.24, 2.45) is 0 Å². The van der Waals surface area contributed by atoms with Gasteiger partial charge in [-0.15, -0.1) is 0 Å². The maximum atomic E-state index is 6.45. The molecule has 16 rings (SSSR count). The molecule has 0 fully saturated rings. The molecule has 1 heteroatoms. The molecule has 0 aliphatic rings. The Kier molecular flexibility index (Phi) is 7.95. The molecule has 16 aromatic rings. The molecule has 0 unspecified atom stereocenters. The highest BCUT2D eigenvalue weighted by Gasteiger charge is 2.23. The van der Waals surface area contributed by atoms with Crippen LogP contribution < -0.4 is 0 Å². The van der Waals surface area contributed by atoms with Gasteiger partial charge in [-0.2, -0.15) is 0 Å². The summed E-state index contributed by atoms with van der Waals surface area (Å²) in [6, 6.07) is 90.8. The van der Waals surface area contributed by atoms with Gasteiger partial charge in [-0.05, 0) is 184 Å². The first kappa shape index (κ1) is 38.6. The van der Waals surface area contributed by atoms with Gasteiger partial charge in [0.2, 0.25) is 0 Å². The molecule has 71 heavy (non-hydrogen) atoms. The molecule has 0 radical (unpaired) electrons. The molecule has 1 nitrogen and oxygen atoms in total. The lowest BCUT2D eigenvalue weighted by Crippen LogP contribution is -1.95. The van der Waals surface area contributed by atoms with Crippen molar-refractivity contribution in [1.29, 1.82) is 0 Å². The molecular formula is C70H40O. The van der Waals surface area contributed by atoms with E-state index < -0.39 is 0 Å². The molecule has 1 aromatic heterocycles. The van der Waals surface area contributed by atoms with E-state index in [2.05, 4.69) is 243 Å². The lowest BCUT2D eigenvalue weighted by atomic mass is 9.81. The minimum atomic E-state index is 0.890. The Bertz CT molecular complexity index is 4840. The van der Waals surface area contributed by atoms with Crippen LogP contribution in [0.15, 0.2) is 247 Å². The van der Waals surface area contributed by atoms with Gasteiger partial charge < -0.3 is 4.42 Å². The van der Waals surface area contributed by atoms with Gasteiger partial charge in [-0.25, -0.2) is 0 Å². The third-order valence-corrected chi connectivity index (χ3v) is 15.7. The summed E-state index contributed by atoms with van der Waals surface area (Å²) in [5, 5.41) is 22.5. The second-order valence-corrected chi connectivity index (χ2v) is 19.5. The number of para-hydroxylation sites is 1. The molecule has 326 valence electrons. The van der Waals surface area contributed by atoms with Crippen LogP contribution in [-0.2, 0) is 0 Å². The van der Waals surface area contributed by atoms with E-state index >= 15 is 0 Å². The van der Waals surface area contributed by atoms with Crippen molar-refractivity contribution in [1.82, 2.24) is 0 Å². The Labute approximate surface area is 408 Å². The second kappa shape index (κ2) is 14.6. The molecule has 0 spiro atoms. The first-order chi connectivity index (χ1) is 35.2. The Balaban J connectivity index is 1.03. The van der Waals surface area contributed by atoms with Crippen molar-refractivity contribution in [3.63, 3.8) is 0 Å². The maximum Gasteiger partial charge on any atom is 0.135 e. The van der Waals surface area contributed by atoms with Crippen molar-refractivity contribution in [3.05, 3.63) is 243 Å². The molecule has 0 aliphatic carbocycles. The van der Waals surface area contributed by atoms with Crippen LogP contribution in [0.25, 0.3) is 164 Å². The smallest absolute Gasteiger partial charge is 0.135 e. The highest BCUT2D eigenvalue weighted by Crippen LogP contribution is 2.50. The van der Waals surface area contributed by atoms with Gasteiger partial charge in [-0.3, -0.25) is 0 Å². The van der Waals surface area contributed by atoms with Crippen LogP contribution in [0.3, 0.4) is 0 Å². The van der Waals surface area contributed by atoms with Crippen molar-refractivity contribution in [2.75, 3.05) is 0 Å². The first-order valence-corrected chi connectivity index (χ1v) is 24.6. The third-order valence-electron chi connectivity index (χ3n) is 15.7. The van der Waals surface area contributed by atoms with Crippen molar-refractivity contribution in [3.8, 4) is 55.6 Å². The average Bonchev–Trinajstić information content (AvgIpc) is 3.81. The van der Waals surface area contributed by atoms with Gasteiger partial charge in [-0.1, -0.05) is 200 Å². The number of hydrogen-bond donors (Lipinski definition) is 0. The van der Waals surface area contributed by atoms with Crippen molar-refractivity contribution in [2.45, 2.75) is 0 Å². The normalized spacial score (nSPS) is 12.2. The summed E-state index contributed by atoms with van der Waals surface area (Å²) in [5.74, 6) is 0. The van der Waals surface area contributed by atoms with Gasteiger partial charge in [0.05, 0.1) is 0 Å². The lowest BCUT2D eigenvalue weighted by molar-refractivity contribution is 0.669. The van der Waals surface area contributed by atoms with Crippen LogP contribution in [0, 0.1) is 0 Å². The van der Waals surface area contributed by atoms with E-state index in [9.17, 15) is 0 Å². The highest BCUT2D eigenvalue weighted by molar-refractivity contribution is 6.28. The first-order valence-electron chi connectivity index (χ1n) is 24.6. The summed E-state index contributed by atoms with van der Waals surface area (Å²) < 4.78 is 6.45. The molecule has 0 saturated carbocycles. The number of benzene rings is 15. The van der Waals surface area contributed by atoms with Crippen molar-refractivity contribution < 1.29 is 4.42 Å². The molecule has 15 aromatic carbocycles. The van der Waals surface area contributed by atoms with E-state index in [1.165, 1.54) is 136 Å². The third kappa shape index (κ3) is 5.63. The molecular weight excluding hydrogens is 857 g/mol. The molecule has 1 heterocycles. The minimum Gasteiger partial charge on any atom is -0.456 e. The zero-order valence-electron chi connectivity index (χ0n) is 38.5. The van der Waals surface area contributed by atoms with Gasteiger partial charge in [0, 0.05) is 10.8 Å². The lowest BCUT2D eigenvalue weighted by Gasteiger charge is -2.22. The second-order valence-electron chi connectivity index (χ2n) is 19.5. The Hall–Kier alpha value is -9.30. The summed E-state index contributed by atoms with van der Waals surface area (Å²) in [4.78, 5) is 0. The summed E-state index contributed by atoms with van der Waals surface area (Å²) in [6.45, 7) is 0. The zero-order chi connectivity index (χ0) is 46.3. The SMILES string of the molecule is c1ccc2c(-c3cc(-c4cc(-c5ccc6oc7ccccc7c6c5)c(-c5ccc6ccc7cccc8ccc5c6c78)c5ccccc45)cc(-c4ccc5ccc6cccc7ccc4c5c67)c3)cccc2c1. The number of rotatable bonds is 5. The zero-order valence-corrected chi connectivity index (χ0v) is 38.5. The van der Waals surface area contributed by atoms with Gasteiger partial charge in [0.25, 0.3) is 0 Å². The molecule has 0 amide bonds.